The molecular formula is C18H23FN4O2. The Kier molecular flexibility index (Phi) is 5.03. The lowest BCUT2D eigenvalue weighted by Crippen LogP contribution is -2.39. The van der Waals surface area contributed by atoms with Crippen molar-refractivity contribution in [3.8, 4) is 0 Å². The van der Waals surface area contributed by atoms with Gasteiger partial charge in [0.2, 0.25) is 0 Å². The summed E-state index contributed by atoms with van der Waals surface area (Å²) in [6.07, 6.45) is 3.23. The normalized spacial score (nSPS) is 18.4. The number of likely N-dealkylation sites (tertiary alicyclic amines) is 1. The SMILES string of the molecule is Cc1nn(C)cc1NC(=O)N1CCC[C@@H]1C[C@H](O)c1ccc(F)cc1. The molecule has 1 aliphatic heterocycles. The first-order valence-corrected chi connectivity index (χ1v) is 8.45. The Balaban J connectivity index is 1.64. The highest BCUT2D eigenvalue weighted by Crippen LogP contribution is 2.28. The van der Waals surface area contributed by atoms with E-state index in [1.165, 1.54) is 12.1 Å². The zero-order chi connectivity index (χ0) is 18.0. The molecular weight excluding hydrogens is 323 g/mol. The third kappa shape index (κ3) is 3.99. The number of carbonyl (C=O) groups is 1. The second-order valence-corrected chi connectivity index (χ2v) is 6.52. The largest absolute Gasteiger partial charge is 0.388 e. The molecule has 6 nitrogen and oxygen atoms in total. The summed E-state index contributed by atoms with van der Waals surface area (Å²) in [5.74, 6) is -0.329. The second kappa shape index (κ2) is 7.23. The molecule has 3 rings (SSSR count). The molecule has 1 aromatic heterocycles. The number of aliphatic hydroxyl groups excluding tert-OH is 1. The number of anilines is 1. The van der Waals surface area contributed by atoms with E-state index in [0.717, 1.165) is 18.5 Å². The molecule has 1 aromatic carbocycles. The first kappa shape index (κ1) is 17.4. The maximum atomic E-state index is 13.0. The van der Waals surface area contributed by atoms with Gasteiger partial charge in [-0.3, -0.25) is 4.68 Å². The maximum Gasteiger partial charge on any atom is 0.322 e. The molecule has 25 heavy (non-hydrogen) atoms. The Labute approximate surface area is 146 Å². The van der Waals surface area contributed by atoms with Crippen molar-refractivity contribution in [2.45, 2.75) is 38.3 Å². The van der Waals surface area contributed by atoms with Crippen LogP contribution < -0.4 is 5.32 Å². The maximum absolute atomic E-state index is 13.0. The van der Waals surface area contributed by atoms with Gasteiger partial charge in [0.25, 0.3) is 0 Å². The molecule has 1 fully saturated rings. The number of rotatable bonds is 4. The number of urea groups is 1. The molecule has 134 valence electrons. The van der Waals surface area contributed by atoms with Crippen LogP contribution >= 0.6 is 0 Å². The fourth-order valence-corrected chi connectivity index (χ4v) is 3.34. The first-order valence-electron chi connectivity index (χ1n) is 8.45. The van der Waals surface area contributed by atoms with E-state index in [1.807, 2.05) is 6.92 Å². The number of aromatic nitrogens is 2. The van der Waals surface area contributed by atoms with Crippen LogP contribution in [0.25, 0.3) is 0 Å². The minimum absolute atomic E-state index is 0.0444. The van der Waals surface area contributed by atoms with Crippen molar-refractivity contribution < 1.29 is 14.3 Å². The monoisotopic (exact) mass is 346 g/mol. The van der Waals surface area contributed by atoms with Crippen molar-refractivity contribution in [1.82, 2.24) is 14.7 Å². The standard InChI is InChI=1S/C18H23FN4O2/c1-12-16(11-22(2)21-12)20-18(25)23-9-3-4-15(23)10-17(24)13-5-7-14(19)8-6-13/h5-8,11,15,17,24H,3-4,9-10H2,1-2H3,(H,20,25)/t15-,17+/m1/s1. The number of carbonyl (C=O) groups excluding carboxylic acids is 1. The highest BCUT2D eigenvalue weighted by Gasteiger charge is 2.31. The summed E-state index contributed by atoms with van der Waals surface area (Å²) in [6.45, 7) is 2.50. The van der Waals surface area contributed by atoms with Gasteiger partial charge < -0.3 is 15.3 Å². The fraction of sp³-hybridized carbons (Fsp3) is 0.444. The molecule has 2 atom stereocenters. The smallest absolute Gasteiger partial charge is 0.322 e. The van der Waals surface area contributed by atoms with Gasteiger partial charge in [-0.15, -0.1) is 0 Å². The number of aryl methyl sites for hydroxylation is 2. The Bertz CT molecular complexity index is 744. The number of aliphatic hydroxyl groups is 1. The Hall–Kier alpha value is -2.41. The highest BCUT2D eigenvalue weighted by atomic mass is 19.1. The van der Waals surface area contributed by atoms with Crippen LogP contribution in [0, 0.1) is 12.7 Å². The predicted molar refractivity (Wildman–Crippen MR) is 92.7 cm³/mol. The number of hydrogen-bond acceptors (Lipinski definition) is 3. The third-order valence-electron chi connectivity index (χ3n) is 4.64. The summed E-state index contributed by atoms with van der Waals surface area (Å²) >= 11 is 0. The molecule has 2 aromatic rings. The van der Waals surface area contributed by atoms with Gasteiger partial charge in [0.15, 0.2) is 0 Å². The molecule has 0 aliphatic carbocycles. The van der Waals surface area contributed by atoms with E-state index in [4.69, 9.17) is 0 Å². The molecule has 2 heterocycles. The van der Waals surface area contributed by atoms with Crippen LogP contribution in [0.1, 0.15) is 36.6 Å². The van der Waals surface area contributed by atoms with Crippen LogP contribution in [-0.2, 0) is 7.05 Å². The Morgan fingerprint density at radius 1 is 1.44 bits per heavy atom. The molecule has 0 saturated carbocycles. The van der Waals surface area contributed by atoms with E-state index in [2.05, 4.69) is 10.4 Å². The van der Waals surface area contributed by atoms with Gasteiger partial charge in [-0.05, 0) is 43.9 Å². The van der Waals surface area contributed by atoms with E-state index in [9.17, 15) is 14.3 Å². The van der Waals surface area contributed by atoms with E-state index in [-0.39, 0.29) is 17.9 Å². The summed E-state index contributed by atoms with van der Waals surface area (Å²) in [5, 5.41) is 17.5. The molecule has 1 aliphatic rings. The van der Waals surface area contributed by atoms with Crippen LogP contribution in [0.2, 0.25) is 0 Å². The number of nitrogens with zero attached hydrogens (tertiary/aromatic N) is 3. The molecule has 2 N–H and O–H groups in total. The molecule has 0 unspecified atom stereocenters. The van der Waals surface area contributed by atoms with Crippen LogP contribution in [-0.4, -0.2) is 38.4 Å². The minimum atomic E-state index is -0.723. The highest BCUT2D eigenvalue weighted by molar-refractivity contribution is 5.90. The summed E-state index contributed by atoms with van der Waals surface area (Å²) in [4.78, 5) is 14.4. The van der Waals surface area contributed by atoms with Crippen LogP contribution in [0.15, 0.2) is 30.5 Å². The average Bonchev–Trinajstić information content (AvgIpc) is 3.14. The zero-order valence-corrected chi connectivity index (χ0v) is 14.4. The number of nitrogens with one attached hydrogen (secondary N) is 1. The molecule has 0 radical (unpaired) electrons. The second-order valence-electron chi connectivity index (χ2n) is 6.52. The van der Waals surface area contributed by atoms with Crippen LogP contribution in [0.3, 0.4) is 0 Å². The van der Waals surface area contributed by atoms with Crippen molar-refractivity contribution >= 4 is 11.7 Å². The van der Waals surface area contributed by atoms with E-state index in [0.29, 0.717) is 24.2 Å². The number of halogens is 1. The quantitative estimate of drug-likeness (QED) is 0.894. The van der Waals surface area contributed by atoms with Gasteiger partial charge in [0, 0.05) is 25.8 Å². The summed E-state index contributed by atoms with van der Waals surface area (Å²) < 4.78 is 14.7. The Morgan fingerprint density at radius 3 is 2.80 bits per heavy atom. The molecule has 0 spiro atoms. The number of amides is 2. The van der Waals surface area contributed by atoms with E-state index >= 15 is 0 Å². The minimum Gasteiger partial charge on any atom is -0.388 e. The van der Waals surface area contributed by atoms with Crippen LogP contribution in [0.4, 0.5) is 14.9 Å². The third-order valence-corrected chi connectivity index (χ3v) is 4.64. The average molecular weight is 346 g/mol. The van der Waals surface area contributed by atoms with Crippen molar-refractivity contribution in [3.63, 3.8) is 0 Å². The van der Waals surface area contributed by atoms with Gasteiger partial charge in [0.05, 0.1) is 17.5 Å². The van der Waals surface area contributed by atoms with Crippen molar-refractivity contribution in [1.29, 1.82) is 0 Å². The summed E-state index contributed by atoms with van der Waals surface area (Å²) in [7, 11) is 1.81. The van der Waals surface area contributed by atoms with Gasteiger partial charge in [-0.25, -0.2) is 9.18 Å². The zero-order valence-electron chi connectivity index (χ0n) is 14.4. The van der Waals surface area contributed by atoms with Gasteiger partial charge in [-0.1, -0.05) is 12.1 Å². The molecule has 2 amide bonds. The lowest BCUT2D eigenvalue weighted by Gasteiger charge is -2.26. The Morgan fingerprint density at radius 2 is 2.16 bits per heavy atom. The van der Waals surface area contributed by atoms with E-state index < -0.39 is 6.10 Å². The van der Waals surface area contributed by atoms with Gasteiger partial charge in [-0.2, -0.15) is 5.10 Å². The van der Waals surface area contributed by atoms with Crippen molar-refractivity contribution in [2.75, 3.05) is 11.9 Å². The predicted octanol–water partition coefficient (Wildman–Crippen LogP) is 2.99. The lowest BCUT2D eigenvalue weighted by molar-refractivity contribution is 0.129. The summed E-state index contributed by atoms with van der Waals surface area (Å²) in [5.41, 5.74) is 2.12. The first-order chi connectivity index (χ1) is 11.9. The topological polar surface area (TPSA) is 70.4 Å². The number of benzene rings is 1. The van der Waals surface area contributed by atoms with Crippen LogP contribution in [0.5, 0.6) is 0 Å². The number of hydrogen-bond donors (Lipinski definition) is 2. The fourth-order valence-electron chi connectivity index (χ4n) is 3.34. The van der Waals surface area contributed by atoms with Crippen molar-refractivity contribution in [3.05, 3.63) is 47.5 Å². The van der Waals surface area contributed by atoms with Gasteiger partial charge in [0.1, 0.15) is 5.82 Å². The van der Waals surface area contributed by atoms with Gasteiger partial charge >= 0.3 is 6.03 Å². The lowest BCUT2D eigenvalue weighted by atomic mass is 10.0. The molecule has 7 heteroatoms. The van der Waals surface area contributed by atoms with E-state index in [1.54, 1.807) is 35.0 Å². The summed E-state index contributed by atoms with van der Waals surface area (Å²) in [6, 6.07) is 5.62. The van der Waals surface area contributed by atoms with Crippen molar-refractivity contribution in [2.24, 2.45) is 7.05 Å². The molecule has 1 saturated heterocycles. The molecule has 0 bridgehead atoms.